The first-order valence-electron chi connectivity index (χ1n) is 10.3. The smallest absolute Gasteiger partial charge is 0.239 e. The maximum atomic E-state index is 13.1. The van der Waals surface area contributed by atoms with Crippen molar-refractivity contribution in [1.29, 1.82) is 0 Å². The van der Waals surface area contributed by atoms with Crippen LogP contribution in [0.3, 0.4) is 0 Å². The van der Waals surface area contributed by atoms with E-state index in [1.165, 1.54) is 0 Å². The van der Waals surface area contributed by atoms with E-state index in [9.17, 15) is 4.79 Å². The SMILES string of the molecule is COc1ccccc1C1CC(C(=O)N[C@H](CC(C)C)c2nnc3ccccn23)NN1. The number of aromatic nitrogens is 3. The van der Waals surface area contributed by atoms with Gasteiger partial charge in [0.15, 0.2) is 11.5 Å². The molecule has 3 heterocycles. The van der Waals surface area contributed by atoms with E-state index in [2.05, 4.69) is 40.2 Å². The van der Waals surface area contributed by atoms with Crippen LogP contribution in [0.15, 0.2) is 48.7 Å². The number of amides is 1. The molecule has 0 bridgehead atoms. The summed E-state index contributed by atoms with van der Waals surface area (Å²) in [6.45, 7) is 4.27. The van der Waals surface area contributed by atoms with Gasteiger partial charge in [0.05, 0.1) is 19.2 Å². The lowest BCUT2D eigenvalue weighted by Gasteiger charge is -2.21. The fourth-order valence-electron chi connectivity index (χ4n) is 3.96. The van der Waals surface area contributed by atoms with E-state index >= 15 is 0 Å². The summed E-state index contributed by atoms with van der Waals surface area (Å²) in [4.78, 5) is 13.1. The summed E-state index contributed by atoms with van der Waals surface area (Å²) in [5.74, 6) is 1.89. The molecule has 0 spiro atoms. The first kappa shape index (κ1) is 20.3. The highest BCUT2D eigenvalue weighted by atomic mass is 16.5. The lowest BCUT2D eigenvalue weighted by Crippen LogP contribution is -2.45. The summed E-state index contributed by atoms with van der Waals surface area (Å²) < 4.78 is 7.40. The Hall–Kier alpha value is -2.97. The van der Waals surface area contributed by atoms with Crippen LogP contribution < -0.4 is 20.9 Å². The van der Waals surface area contributed by atoms with Crippen molar-refractivity contribution in [3.63, 3.8) is 0 Å². The molecule has 0 radical (unpaired) electrons. The number of ether oxygens (including phenoxy) is 1. The Morgan fingerprint density at radius 2 is 2.00 bits per heavy atom. The summed E-state index contributed by atoms with van der Waals surface area (Å²) in [6.07, 6.45) is 3.33. The molecule has 8 nitrogen and oxygen atoms in total. The molecule has 8 heteroatoms. The molecule has 1 amide bonds. The normalized spacial score (nSPS) is 19.9. The van der Waals surface area contributed by atoms with Crippen molar-refractivity contribution in [2.75, 3.05) is 7.11 Å². The van der Waals surface area contributed by atoms with E-state index in [1.807, 2.05) is 53.1 Å². The highest BCUT2D eigenvalue weighted by Crippen LogP contribution is 2.30. The third-order valence-electron chi connectivity index (χ3n) is 5.41. The molecule has 3 N–H and O–H groups in total. The van der Waals surface area contributed by atoms with Gasteiger partial charge in [-0.05, 0) is 37.0 Å². The average Bonchev–Trinajstić information content (AvgIpc) is 3.40. The van der Waals surface area contributed by atoms with Gasteiger partial charge < -0.3 is 10.1 Å². The first-order valence-corrected chi connectivity index (χ1v) is 10.3. The number of hydrogen-bond acceptors (Lipinski definition) is 6. The first-order chi connectivity index (χ1) is 14.6. The largest absolute Gasteiger partial charge is 0.496 e. The lowest BCUT2D eigenvalue weighted by molar-refractivity contribution is -0.123. The fourth-order valence-corrected chi connectivity index (χ4v) is 3.96. The number of nitrogens with zero attached hydrogens (tertiary/aromatic N) is 3. The van der Waals surface area contributed by atoms with Gasteiger partial charge in [-0.15, -0.1) is 10.2 Å². The molecule has 1 aliphatic rings. The highest BCUT2D eigenvalue weighted by molar-refractivity contribution is 5.82. The molecule has 1 fully saturated rings. The molecular formula is C22H28N6O2. The third kappa shape index (κ3) is 4.15. The van der Waals surface area contributed by atoms with Gasteiger partial charge in [0, 0.05) is 11.8 Å². The minimum atomic E-state index is -0.353. The Balaban J connectivity index is 1.49. The quantitative estimate of drug-likeness (QED) is 0.556. The van der Waals surface area contributed by atoms with Crippen molar-refractivity contribution in [3.05, 3.63) is 60.0 Å². The van der Waals surface area contributed by atoms with Crippen LogP contribution in [0.1, 0.15) is 50.2 Å². The Bertz CT molecular complexity index is 1020. The summed E-state index contributed by atoms with van der Waals surface area (Å²) in [6, 6.07) is 13.1. The molecule has 2 unspecified atom stereocenters. The maximum Gasteiger partial charge on any atom is 0.239 e. The monoisotopic (exact) mass is 408 g/mol. The van der Waals surface area contributed by atoms with Gasteiger partial charge in [-0.2, -0.15) is 0 Å². The second-order valence-corrected chi connectivity index (χ2v) is 8.05. The number of nitrogens with one attached hydrogen (secondary N) is 3. The highest BCUT2D eigenvalue weighted by Gasteiger charge is 2.33. The van der Waals surface area contributed by atoms with Gasteiger partial charge in [-0.25, -0.2) is 10.9 Å². The number of para-hydroxylation sites is 1. The number of methoxy groups -OCH3 is 1. The van der Waals surface area contributed by atoms with Crippen LogP contribution in [0.2, 0.25) is 0 Å². The van der Waals surface area contributed by atoms with Crippen molar-refractivity contribution in [2.24, 2.45) is 5.92 Å². The van der Waals surface area contributed by atoms with E-state index < -0.39 is 0 Å². The Morgan fingerprint density at radius 3 is 2.80 bits per heavy atom. The summed E-state index contributed by atoms with van der Waals surface area (Å²) in [5, 5.41) is 11.8. The number of hydrazine groups is 1. The minimum Gasteiger partial charge on any atom is -0.496 e. The molecule has 4 rings (SSSR count). The molecule has 2 aromatic heterocycles. The van der Waals surface area contributed by atoms with Gasteiger partial charge in [0.2, 0.25) is 5.91 Å². The molecule has 0 saturated carbocycles. The van der Waals surface area contributed by atoms with Crippen LogP contribution in [-0.4, -0.2) is 33.7 Å². The van der Waals surface area contributed by atoms with Gasteiger partial charge in [0.1, 0.15) is 11.8 Å². The van der Waals surface area contributed by atoms with Crippen molar-refractivity contribution < 1.29 is 9.53 Å². The maximum absolute atomic E-state index is 13.1. The average molecular weight is 409 g/mol. The van der Waals surface area contributed by atoms with Crippen LogP contribution >= 0.6 is 0 Å². The van der Waals surface area contributed by atoms with Crippen molar-refractivity contribution >= 4 is 11.6 Å². The van der Waals surface area contributed by atoms with Gasteiger partial charge in [-0.1, -0.05) is 38.1 Å². The topological polar surface area (TPSA) is 92.6 Å². The predicted molar refractivity (Wildman–Crippen MR) is 114 cm³/mol. The zero-order chi connectivity index (χ0) is 21.1. The molecule has 3 atom stereocenters. The van der Waals surface area contributed by atoms with Crippen LogP contribution in [0.4, 0.5) is 0 Å². The summed E-state index contributed by atoms with van der Waals surface area (Å²) in [5.41, 5.74) is 8.17. The molecular weight excluding hydrogens is 380 g/mol. The fraction of sp³-hybridized carbons (Fsp3) is 0.409. The molecule has 0 aliphatic carbocycles. The van der Waals surface area contributed by atoms with Crippen LogP contribution in [0, 0.1) is 5.92 Å². The van der Waals surface area contributed by atoms with E-state index in [0.29, 0.717) is 12.3 Å². The van der Waals surface area contributed by atoms with E-state index in [4.69, 9.17) is 4.74 Å². The summed E-state index contributed by atoms with van der Waals surface area (Å²) >= 11 is 0. The zero-order valence-corrected chi connectivity index (χ0v) is 17.5. The second-order valence-electron chi connectivity index (χ2n) is 8.05. The Labute approximate surface area is 176 Å². The van der Waals surface area contributed by atoms with Crippen molar-refractivity contribution in [3.8, 4) is 5.75 Å². The van der Waals surface area contributed by atoms with Crippen molar-refractivity contribution in [1.82, 2.24) is 30.8 Å². The zero-order valence-electron chi connectivity index (χ0n) is 17.5. The number of benzene rings is 1. The van der Waals surface area contributed by atoms with Gasteiger partial charge >= 0.3 is 0 Å². The Kier molecular flexibility index (Phi) is 5.96. The molecule has 3 aromatic rings. The standard InChI is InChI=1S/C22H28N6O2/c1-14(2)12-17(21-27-26-20-10-6-7-11-28(20)21)23-22(29)18-13-16(24-25-18)15-8-4-5-9-19(15)30-3/h4-11,14,16-18,24-25H,12-13H2,1-3H3,(H,23,29)/t16?,17-,18?/m1/s1. The van der Waals surface area contributed by atoms with E-state index in [-0.39, 0.29) is 24.0 Å². The number of carbonyl (C=O) groups excluding carboxylic acids is 1. The molecule has 1 aromatic carbocycles. The van der Waals surface area contributed by atoms with Gasteiger partial charge in [0.25, 0.3) is 0 Å². The third-order valence-corrected chi connectivity index (χ3v) is 5.41. The lowest BCUT2D eigenvalue weighted by atomic mass is 9.99. The minimum absolute atomic E-state index is 0.00521. The van der Waals surface area contributed by atoms with Crippen LogP contribution in [0.25, 0.3) is 5.65 Å². The number of rotatable bonds is 7. The van der Waals surface area contributed by atoms with Crippen LogP contribution in [-0.2, 0) is 4.79 Å². The number of fused-ring (bicyclic) bond motifs is 1. The van der Waals surface area contributed by atoms with E-state index in [1.54, 1.807) is 7.11 Å². The molecule has 1 aliphatic heterocycles. The summed E-state index contributed by atoms with van der Waals surface area (Å²) in [7, 11) is 1.66. The number of pyridine rings is 1. The van der Waals surface area contributed by atoms with Crippen molar-refractivity contribution in [2.45, 2.75) is 44.8 Å². The molecule has 1 saturated heterocycles. The molecule has 30 heavy (non-hydrogen) atoms. The number of carbonyl (C=O) groups is 1. The van der Waals surface area contributed by atoms with Gasteiger partial charge in [-0.3, -0.25) is 9.20 Å². The predicted octanol–water partition coefficient (Wildman–Crippen LogP) is 2.55. The van der Waals surface area contributed by atoms with E-state index in [0.717, 1.165) is 29.2 Å². The number of hydrogen-bond donors (Lipinski definition) is 3. The second kappa shape index (κ2) is 8.81. The molecule has 158 valence electrons. The van der Waals surface area contributed by atoms with Crippen LogP contribution in [0.5, 0.6) is 5.75 Å². The Morgan fingerprint density at radius 1 is 1.20 bits per heavy atom.